The quantitative estimate of drug-likeness (QED) is 0.503. The first kappa shape index (κ1) is 19.8. The first-order valence-electron chi connectivity index (χ1n) is 7.62. The van der Waals surface area contributed by atoms with Gasteiger partial charge in [0.05, 0.1) is 20.0 Å². The zero-order valence-electron chi connectivity index (χ0n) is 14.1. The van der Waals surface area contributed by atoms with E-state index in [4.69, 9.17) is 21.1 Å². The molecule has 0 bridgehead atoms. The lowest BCUT2D eigenvalue weighted by atomic mass is 10.3. The number of methoxy groups -OCH3 is 2. The number of rotatable bonds is 9. The second-order valence-electron chi connectivity index (χ2n) is 4.96. The van der Waals surface area contributed by atoms with Crippen LogP contribution in [0, 0.1) is 0 Å². The first-order chi connectivity index (χ1) is 12.1. The molecule has 1 amide bonds. The van der Waals surface area contributed by atoms with E-state index in [-0.39, 0.29) is 5.91 Å². The number of thioether (sulfide) groups is 2. The minimum atomic E-state index is 0.0106. The van der Waals surface area contributed by atoms with E-state index in [9.17, 15) is 4.79 Å². The van der Waals surface area contributed by atoms with Crippen LogP contribution in [0.15, 0.2) is 52.3 Å². The van der Waals surface area contributed by atoms with Crippen LogP contribution in [-0.2, 0) is 4.79 Å². The van der Waals surface area contributed by atoms with E-state index in [1.807, 2.05) is 42.5 Å². The number of ether oxygens (including phenoxy) is 2. The summed E-state index contributed by atoms with van der Waals surface area (Å²) in [5.41, 5.74) is 0. The topological polar surface area (TPSA) is 47.6 Å². The van der Waals surface area contributed by atoms with Crippen molar-refractivity contribution in [2.24, 2.45) is 0 Å². The Hall–Kier alpha value is -1.50. The minimum Gasteiger partial charge on any atom is -0.493 e. The smallest absolute Gasteiger partial charge is 0.230 e. The Balaban J connectivity index is 1.69. The zero-order chi connectivity index (χ0) is 18.1. The van der Waals surface area contributed by atoms with E-state index in [0.29, 0.717) is 23.8 Å². The highest BCUT2D eigenvalue weighted by molar-refractivity contribution is 8.00. The van der Waals surface area contributed by atoms with Crippen LogP contribution in [0.5, 0.6) is 11.5 Å². The Kier molecular flexibility index (Phi) is 8.31. The van der Waals surface area contributed by atoms with Gasteiger partial charge in [0, 0.05) is 27.1 Å². The maximum atomic E-state index is 11.9. The molecule has 2 aromatic rings. The number of benzene rings is 2. The van der Waals surface area contributed by atoms with Gasteiger partial charge in [-0.15, -0.1) is 23.5 Å². The molecule has 2 aromatic carbocycles. The molecule has 7 heteroatoms. The van der Waals surface area contributed by atoms with E-state index in [1.165, 1.54) is 11.8 Å². The third kappa shape index (κ3) is 6.72. The standard InChI is InChI=1S/C18H20ClNO3S2/c1-22-16-8-7-15(11-17(16)23-2)25-12-18(21)20-9-10-24-14-5-3-13(19)4-6-14/h3-8,11H,9-10,12H2,1-2H3,(H,20,21). The predicted octanol–water partition coefficient (Wildman–Crippen LogP) is 4.36. The molecule has 0 aromatic heterocycles. The Morgan fingerprint density at radius 3 is 2.36 bits per heavy atom. The lowest BCUT2D eigenvalue weighted by Crippen LogP contribution is -2.27. The molecule has 0 radical (unpaired) electrons. The summed E-state index contributed by atoms with van der Waals surface area (Å²) >= 11 is 9.00. The van der Waals surface area contributed by atoms with Crippen LogP contribution >= 0.6 is 35.1 Å². The predicted molar refractivity (Wildman–Crippen MR) is 105 cm³/mol. The zero-order valence-corrected chi connectivity index (χ0v) is 16.5. The molecule has 134 valence electrons. The highest BCUT2D eigenvalue weighted by atomic mass is 35.5. The summed E-state index contributed by atoms with van der Waals surface area (Å²) in [4.78, 5) is 14.0. The second kappa shape index (κ2) is 10.5. The van der Waals surface area contributed by atoms with Crippen molar-refractivity contribution in [3.8, 4) is 11.5 Å². The van der Waals surface area contributed by atoms with Crippen LogP contribution < -0.4 is 14.8 Å². The van der Waals surface area contributed by atoms with Gasteiger partial charge < -0.3 is 14.8 Å². The van der Waals surface area contributed by atoms with E-state index >= 15 is 0 Å². The van der Waals surface area contributed by atoms with Gasteiger partial charge in [0.1, 0.15) is 0 Å². The third-order valence-corrected chi connectivity index (χ3v) is 5.49. The Morgan fingerprint density at radius 1 is 1.00 bits per heavy atom. The summed E-state index contributed by atoms with van der Waals surface area (Å²) in [6, 6.07) is 13.3. The molecule has 4 nitrogen and oxygen atoms in total. The van der Waals surface area contributed by atoms with E-state index < -0.39 is 0 Å². The molecular formula is C18H20ClNO3S2. The van der Waals surface area contributed by atoms with Gasteiger partial charge in [-0.2, -0.15) is 0 Å². The van der Waals surface area contributed by atoms with Gasteiger partial charge in [-0.05, 0) is 42.5 Å². The first-order valence-corrected chi connectivity index (χ1v) is 9.97. The van der Waals surface area contributed by atoms with E-state index in [1.54, 1.807) is 26.0 Å². The summed E-state index contributed by atoms with van der Waals surface area (Å²) in [5, 5.41) is 3.65. The van der Waals surface area contributed by atoms with Crippen molar-refractivity contribution in [3.63, 3.8) is 0 Å². The summed E-state index contributed by atoms with van der Waals surface area (Å²) in [5.74, 6) is 2.52. The maximum Gasteiger partial charge on any atom is 0.230 e. The Morgan fingerprint density at radius 2 is 1.68 bits per heavy atom. The summed E-state index contributed by atoms with van der Waals surface area (Å²) in [7, 11) is 3.19. The highest BCUT2D eigenvalue weighted by Gasteiger charge is 2.07. The number of amides is 1. The van der Waals surface area contributed by atoms with E-state index in [2.05, 4.69) is 5.32 Å². The fraction of sp³-hybridized carbons (Fsp3) is 0.278. The molecule has 0 saturated heterocycles. The van der Waals surface area contributed by atoms with Gasteiger partial charge in [0.25, 0.3) is 0 Å². The number of carbonyl (C=O) groups excluding carboxylic acids is 1. The van der Waals surface area contributed by atoms with Crippen molar-refractivity contribution >= 4 is 41.0 Å². The van der Waals surface area contributed by atoms with Crippen molar-refractivity contribution in [1.82, 2.24) is 5.32 Å². The molecular weight excluding hydrogens is 378 g/mol. The SMILES string of the molecule is COc1ccc(SCC(=O)NCCSc2ccc(Cl)cc2)cc1OC. The number of halogens is 1. The average Bonchev–Trinajstić information content (AvgIpc) is 2.64. The average molecular weight is 398 g/mol. The van der Waals surface area contributed by atoms with Gasteiger partial charge in [0.2, 0.25) is 5.91 Å². The van der Waals surface area contributed by atoms with Crippen molar-refractivity contribution < 1.29 is 14.3 Å². The second-order valence-corrected chi connectivity index (χ2v) is 7.61. The van der Waals surface area contributed by atoms with Crippen molar-refractivity contribution in [2.45, 2.75) is 9.79 Å². The molecule has 0 heterocycles. The van der Waals surface area contributed by atoms with Crippen LogP contribution in [0.2, 0.25) is 5.02 Å². The van der Waals surface area contributed by atoms with Gasteiger partial charge in [-0.1, -0.05) is 11.6 Å². The molecule has 0 aliphatic carbocycles. The van der Waals surface area contributed by atoms with Crippen LogP contribution in [-0.4, -0.2) is 38.2 Å². The van der Waals surface area contributed by atoms with Gasteiger partial charge in [-0.3, -0.25) is 4.79 Å². The fourth-order valence-corrected chi connectivity index (χ4v) is 3.65. The summed E-state index contributed by atoms with van der Waals surface area (Å²) in [6.07, 6.45) is 0. The number of nitrogens with one attached hydrogen (secondary N) is 1. The fourth-order valence-electron chi connectivity index (χ4n) is 2.00. The summed E-state index contributed by atoms with van der Waals surface area (Å²) < 4.78 is 10.5. The largest absolute Gasteiger partial charge is 0.493 e. The van der Waals surface area contributed by atoms with Gasteiger partial charge in [0.15, 0.2) is 11.5 Å². The lowest BCUT2D eigenvalue weighted by Gasteiger charge is -2.09. The molecule has 0 saturated carbocycles. The molecule has 0 spiro atoms. The molecule has 0 atom stereocenters. The minimum absolute atomic E-state index is 0.0106. The molecule has 2 rings (SSSR count). The molecule has 0 aliphatic rings. The normalized spacial score (nSPS) is 10.4. The monoisotopic (exact) mass is 397 g/mol. The highest BCUT2D eigenvalue weighted by Crippen LogP contribution is 2.31. The van der Waals surface area contributed by atoms with Crippen LogP contribution in [0.25, 0.3) is 0 Å². The van der Waals surface area contributed by atoms with Crippen molar-refractivity contribution in [1.29, 1.82) is 0 Å². The van der Waals surface area contributed by atoms with Gasteiger partial charge in [-0.25, -0.2) is 0 Å². The molecule has 0 unspecified atom stereocenters. The van der Waals surface area contributed by atoms with Gasteiger partial charge >= 0.3 is 0 Å². The number of hydrogen-bond donors (Lipinski definition) is 1. The maximum absolute atomic E-state index is 11.9. The number of carbonyl (C=O) groups is 1. The Bertz CT molecular complexity index is 695. The summed E-state index contributed by atoms with van der Waals surface area (Å²) in [6.45, 7) is 0.624. The Labute approximate surface area is 161 Å². The van der Waals surface area contributed by atoms with Crippen LogP contribution in [0.1, 0.15) is 0 Å². The molecule has 0 fully saturated rings. The van der Waals surface area contributed by atoms with Crippen molar-refractivity contribution in [2.75, 3.05) is 32.3 Å². The van der Waals surface area contributed by atoms with E-state index in [0.717, 1.165) is 20.6 Å². The van der Waals surface area contributed by atoms with Crippen molar-refractivity contribution in [3.05, 3.63) is 47.5 Å². The molecule has 1 N–H and O–H groups in total. The third-order valence-electron chi connectivity index (χ3n) is 3.23. The lowest BCUT2D eigenvalue weighted by molar-refractivity contribution is -0.118. The molecule has 0 aliphatic heterocycles. The number of hydrogen-bond acceptors (Lipinski definition) is 5. The van der Waals surface area contributed by atoms with Crippen LogP contribution in [0.4, 0.5) is 0 Å². The van der Waals surface area contributed by atoms with Crippen LogP contribution in [0.3, 0.4) is 0 Å². The molecule has 25 heavy (non-hydrogen) atoms.